The van der Waals surface area contributed by atoms with Crippen LogP contribution in [0.1, 0.15) is 16.2 Å². The molecule has 0 aliphatic heterocycles. The zero-order chi connectivity index (χ0) is 14.8. The zero-order valence-corrected chi connectivity index (χ0v) is 11.4. The molecule has 106 valence electrons. The molecule has 0 atom stereocenters. The molecule has 0 spiro atoms. The predicted octanol–water partition coefficient (Wildman–Crippen LogP) is 2.28. The Morgan fingerprint density at radius 3 is 2.86 bits per heavy atom. The number of hydrogen-bond acceptors (Lipinski definition) is 4. The first-order chi connectivity index (χ1) is 10.2. The maximum Gasteiger partial charge on any atom is 0.336 e. The number of aryl methyl sites for hydroxylation is 1. The minimum absolute atomic E-state index is 0.239. The van der Waals surface area contributed by atoms with Gasteiger partial charge >= 0.3 is 5.97 Å². The molecule has 0 aliphatic rings. The molecule has 0 radical (unpaired) electrons. The van der Waals surface area contributed by atoms with Crippen LogP contribution in [0, 0.1) is 0 Å². The molecule has 2 heterocycles. The molecule has 21 heavy (non-hydrogen) atoms. The highest BCUT2D eigenvalue weighted by molar-refractivity contribution is 6.08. The summed E-state index contributed by atoms with van der Waals surface area (Å²) in [4.78, 5) is 19.9. The SMILES string of the molecule is Cn1ccnc1CNc1nccc2cccc(C(=O)O)c12. The van der Waals surface area contributed by atoms with E-state index >= 15 is 0 Å². The lowest BCUT2D eigenvalue weighted by atomic mass is 10.1. The summed E-state index contributed by atoms with van der Waals surface area (Å²) in [6.07, 6.45) is 5.24. The van der Waals surface area contributed by atoms with E-state index in [0.717, 1.165) is 11.2 Å². The zero-order valence-electron chi connectivity index (χ0n) is 11.4. The minimum Gasteiger partial charge on any atom is -0.478 e. The highest BCUT2D eigenvalue weighted by Gasteiger charge is 2.13. The molecule has 1 aromatic carbocycles. The average Bonchev–Trinajstić information content (AvgIpc) is 2.89. The quantitative estimate of drug-likeness (QED) is 0.767. The maximum atomic E-state index is 11.4. The van der Waals surface area contributed by atoms with Crippen LogP contribution in [0.3, 0.4) is 0 Å². The lowest BCUT2D eigenvalue weighted by molar-refractivity contribution is 0.0699. The van der Waals surface area contributed by atoms with Crippen LogP contribution in [0.2, 0.25) is 0 Å². The van der Waals surface area contributed by atoms with Gasteiger partial charge in [0.25, 0.3) is 0 Å². The fourth-order valence-electron chi connectivity index (χ4n) is 2.27. The van der Waals surface area contributed by atoms with E-state index in [2.05, 4.69) is 15.3 Å². The maximum absolute atomic E-state index is 11.4. The first-order valence-electron chi connectivity index (χ1n) is 6.48. The number of nitrogens with zero attached hydrogens (tertiary/aromatic N) is 3. The topological polar surface area (TPSA) is 80.0 Å². The van der Waals surface area contributed by atoms with Crippen LogP contribution in [0.4, 0.5) is 5.82 Å². The van der Waals surface area contributed by atoms with Crippen LogP contribution in [-0.2, 0) is 13.6 Å². The number of anilines is 1. The van der Waals surface area contributed by atoms with Crippen molar-refractivity contribution in [2.24, 2.45) is 7.05 Å². The molecule has 0 bridgehead atoms. The monoisotopic (exact) mass is 282 g/mol. The number of hydrogen-bond donors (Lipinski definition) is 2. The molecule has 0 aliphatic carbocycles. The summed E-state index contributed by atoms with van der Waals surface area (Å²) < 4.78 is 1.90. The number of nitrogens with one attached hydrogen (secondary N) is 1. The standard InChI is InChI=1S/C15H14N4O2/c1-19-8-7-16-12(19)9-18-14-13-10(5-6-17-14)3-2-4-11(13)15(20)21/h2-8H,9H2,1H3,(H,17,18)(H,20,21). The van der Waals surface area contributed by atoms with Crippen molar-refractivity contribution in [1.29, 1.82) is 0 Å². The Labute approximate surface area is 121 Å². The molecule has 3 aromatic rings. The summed E-state index contributed by atoms with van der Waals surface area (Å²) in [7, 11) is 1.91. The molecule has 6 nitrogen and oxygen atoms in total. The van der Waals surface area contributed by atoms with E-state index in [1.54, 1.807) is 30.6 Å². The van der Waals surface area contributed by atoms with E-state index in [1.165, 1.54) is 0 Å². The van der Waals surface area contributed by atoms with Crippen LogP contribution in [0.25, 0.3) is 10.8 Å². The van der Waals surface area contributed by atoms with Crippen molar-refractivity contribution in [3.63, 3.8) is 0 Å². The highest BCUT2D eigenvalue weighted by Crippen LogP contribution is 2.25. The van der Waals surface area contributed by atoms with Gasteiger partial charge in [0.15, 0.2) is 0 Å². The number of carboxylic acids is 1. The summed E-state index contributed by atoms with van der Waals surface area (Å²) in [5.74, 6) is 0.434. The molecule has 0 amide bonds. The van der Waals surface area contributed by atoms with Crippen LogP contribution < -0.4 is 5.32 Å². The van der Waals surface area contributed by atoms with Crippen molar-refractivity contribution < 1.29 is 9.90 Å². The third kappa shape index (κ3) is 2.43. The van der Waals surface area contributed by atoms with Crippen LogP contribution in [0.5, 0.6) is 0 Å². The highest BCUT2D eigenvalue weighted by atomic mass is 16.4. The van der Waals surface area contributed by atoms with Crippen molar-refractivity contribution >= 4 is 22.6 Å². The van der Waals surface area contributed by atoms with Gasteiger partial charge in [-0.1, -0.05) is 12.1 Å². The first kappa shape index (κ1) is 13.1. The second-order valence-corrected chi connectivity index (χ2v) is 4.68. The van der Waals surface area contributed by atoms with Gasteiger partial charge in [0.1, 0.15) is 11.6 Å². The van der Waals surface area contributed by atoms with Gasteiger partial charge in [-0.3, -0.25) is 0 Å². The van der Waals surface area contributed by atoms with Gasteiger partial charge in [0.05, 0.1) is 12.1 Å². The lowest BCUT2D eigenvalue weighted by Gasteiger charge is -2.10. The largest absolute Gasteiger partial charge is 0.478 e. The Bertz CT molecular complexity index is 805. The number of imidazole rings is 1. The van der Waals surface area contributed by atoms with E-state index < -0.39 is 5.97 Å². The third-order valence-corrected chi connectivity index (χ3v) is 3.36. The van der Waals surface area contributed by atoms with Crippen molar-refractivity contribution in [3.8, 4) is 0 Å². The van der Waals surface area contributed by atoms with Crippen molar-refractivity contribution in [2.45, 2.75) is 6.54 Å². The Balaban J connectivity index is 2.02. The molecule has 0 unspecified atom stereocenters. The van der Waals surface area contributed by atoms with Gasteiger partial charge < -0.3 is 15.0 Å². The number of benzene rings is 1. The van der Waals surface area contributed by atoms with Crippen LogP contribution in [-0.4, -0.2) is 25.6 Å². The number of rotatable bonds is 4. The molecular formula is C15H14N4O2. The molecule has 0 saturated carbocycles. The first-order valence-corrected chi connectivity index (χ1v) is 6.48. The second-order valence-electron chi connectivity index (χ2n) is 4.68. The molecule has 6 heteroatoms. The molecular weight excluding hydrogens is 268 g/mol. The van der Waals surface area contributed by atoms with E-state index in [-0.39, 0.29) is 5.56 Å². The van der Waals surface area contributed by atoms with Gasteiger partial charge in [-0.25, -0.2) is 14.8 Å². The number of aromatic nitrogens is 3. The van der Waals surface area contributed by atoms with Crippen molar-refractivity contribution in [1.82, 2.24) is 14.5 Å². The van der Waals surface area contributed by atoms with Gasteiger partial charge in [-0.2, -0.15) is 0 Å². The van der Waals surface area contributed by atoms with E-state index in [9.17, 15) is 9.90 Å². The van der Waals surface area contributed by atoms with Gasteiger partial charge in [-0.15, -0.1) is 0 Å². The van der Waals surface area contributed by atoms with Gasteiger partial charge in [0.2, 0.25) is 0 Å². The van der Waals surface area contributed by atoms with Gasteiger partial charge in [0, 0.05) is 31.0 Å². The third-order valence-electron chi connectivity index (χ3n) is 3.36. The summed E-state index contributed by atoms with van der Waals surface area (Å²) >= 11 is 0. The Morgan fingerprint density at radius 1 is 1.29 bits per heavy atom. The number of carbonyl (C=O) groups is 1. The van der Waals surface area contributed by atoms with Crippen molar-refractivity contribution in [3.05, 3.63) is 54.2 Å². The predicted molar refractivity (Wildman–Crippen MR) is 79.2 cm³/mol. The van der Waals surface area contributed by atoms with E-state index in [0.29, 0.717) is 17.7 Å². The summed E-state index contributed by atoms with van der Waals surface area (Å²) in [5, 5.41) is 14.0. The normalized spacial score (nSPS) is 10.7. The molecule has 0 fully saturated rings. The molecule has 0 saturated heterocycles. The summed E-state index contributed by atoms with van der Waals surface area (Å²) in [5.41, 5.74) is 0.239. The van der Waals surface area contributed by atoms with Crippen LogP contribution >= 0.6 is 0 Å². The average molecular weight is 282 g/mol. The summed E-state index contributed by atoms with van der Waals surface area (Å²) in [6.45, 7) is 0.476. The smallest absolute Gasteiger partial charge is 0.336 e. The van der Waals surface area contributed by atoms with Gasteiger partial charge in [-0.05, 0) is 17.5 Å². The van der Waals surface area contributed by atoms with Crippen LogP contribution in [0.15, 0.2) is 42.9 Å². The second kappa shape index (κ2) is 5.24. The number of carboxylic acid groups (broad SMARTS) is 1. The summed E-state index contributed by atoms with van der Waals surface area (Å²) in [6, 6.07) is 6.98. The number of pyridine rings is 1. The number of fused-ring (bicyclic) bond motifs is 1. The van der Waals surface area contributed by atoms with Crippen molar-refractivity contribution in [2.75, 3.05) is 5.32 Å². The lowest BCUT2D eigenvalue weighted by Crippen LogP contribution is -2.08. The Hall–Kier alpha value is -2.89. The minimum atomic E-state index is -0.964. The fraction of sp³-hybridized carbons (Fsp3) is 0.133. The molecule has 2 aromatic heterocycles. The molecule has 2 N–H and O–H groups in total. The molecule has 3 rings (SSSR count). The van der Waals surface area contributed by atoms with E-state index in [1.807, 2.05) is 23.9 Å². The fourth-order valence-corrected chi connectivity index (χ4v) is 2.27. The number of aromatic carboxylic acids is 1. The van der Waals surface area contributed by atoms with E-state index in [4.69, 9.17) is 0 Å². The Kier molecular flexibility index (Phi) is 3.27. The Morgan fingerprint density at radius 2 is 2.14 bits per heavy atom.